The SMILES string of the molecule is Cc1ccc(C)c2ccccc12.Cc1cccc(C)c1.Cc1ccccc1C. The summed E-state index contributed by atoms with van der Waals surface area (Å²) in [6.07, 6.45) is 0. The van der Waals surface area contributed by atoms with Crippen LogP contribution in [0.1, 0.15) is 33.4 Å². The first-order valence-electron chi connectivity index (χ1n) is 9.89. The molecule has 0 heteroatoms. The molecule has 28 heavy (non-hydrogen) atoms. The van der Waals surface area contributed by atoms with Crippen LogP contribution in [-0.2, 0) is 0 Å². The number of hydrogen-bond acceptors (Lipinski definition) is 0. The van der Waals surface area contributed by atoms with Gasteiger partial charge in [-0.05, 0) is 74.6 Å². The number of aryl methyl sites for hydroxylation is 6. The van der Waals surface area contributed by atoms with E-state index >= 15 is 0 Å². The highest BCUT2D eigenvalue weighted by molar-refractivity contribution is 5.88. The van der Waals surface area contributed by atoms with E-state index in [0.29, 0.717) is 0 Å². The molecule has 0 fully saturated rings. The van der Waals surface area contributed by atoms with Gasteiger partial charge in [0.25, 0.3) is 0 Å². The molecule has 0 amide bonds. The zero-order valence-corrected chi connectivity index (χ0v) is 18.1. The Labute approximate surface area is 170 Å². The fraction of sp³-hybridized carbons (Fsp3) is 0.214. The standard InChI is InChI=1S/C12H12.2C8H10/c1-9-7-8-10(2)12-6-4-3-5-11(9)12;1-7-4-3-5-8(2)6-7;1-7-5-3-4-6-8(7)2/h3-8H,1-2H3;2*3-6H,1-2H3. The van der Waals surface area contributed by atoms with Crippen molar-refractivity contribution in [1.29, 1.82) is 0 Å². The lowest BCUT2D eigenvalue weighted by atomic mass is 10.0. The molecule has 0 aliphatic heterocycles. The van der Waals surface area contributed by atoms with Crippen molar-refractivity contribution in [3.63, 3.8) is 0 Å². The summed E-state index contributed by atoms with van der Waals surface area (Å²) in [5.74, 6) is 0. The molecule has 0 radical (unpaired) electrons. The monoisotopic (exact) mass is 368 g/mol. The molecule has 4 rings (SSSR count). The largest absolute Gasteiger partial charge is 0.0620 e. The van der Waals surface area contributed by atoms with Crippen LogP contribution in [-0.4, -0.2) is 0 Å². The van der Waals surface area contributed by atoms with Crippen molar-refractivity contribution in [2.75, 3.05) is 0 Å². The summed E-state index contributed by atoms with van der Waals surface area (Å²) < 4.78 is 0. The molecule has 4 aromatic carbocycles. The Morgan fingerprint density at radius 3 is 1.07 bits per heavy atom. The Kier molecular flexibility index (Phi) is 8.02. The van der Waals surface area contributed by atoms with Crippen molar-refractivity contribution < 1.29 is 0 Å². The molecule has 144 valence electrons. The van der Waals surface area contributed by atoms with Crippen LogP contribution in [0.2, 0.25) is 0 Å². The van der Waals surface area contributed by atoms with E-state index < -0.39 is 0 Å². The highest BCUT2D eigenvalue weighted by atomic mass is 14.0. The normalized spacial score (nSPS) is 9.79. The Hall–Kier alpha value is -2.86. The maximum absolute atomic E-state index is 2.18. The summed E-state index contributed by atoms with van der Waals surface area (Å²) in [5, 5.41) is 2.75. The van der Waals surface area contributed by atoms with Crippen LogP contribution in [0.25, 0.3) is 10.8 Å². The second kappa shape index (κ2) is 10.5. The molecular weight excluding hydrogens is 336 g/mol. The fourth-order valence-electron chi connectivity index (χ4n) is 3.07. The van der Waals surface area contributed by atoms with Gasteiger partial charge in [0, 0.05) is 0 Å². The predicted octanol–water partition coefficient (Wildman–Crippen LogP) is 8.06. The molecule has 0 spiro atoms. The van der Waals surface area contributed by atoms with Crippen LogP contribution in [0.4, 0.5) is 0 Å². The second-order valence-electron chi connectivity index (χ2n) is 7.49. The number of hydrogen-bond donors (Lipinski definition) is 0. The van der Waals surface area contributed by atoms with Crippen molar-refractivity contribution in [3.8, 4) is 0 Å². The quantitative estimate of drug-likeness (QED) is 0.294. The van der Waals surface area contributed by atoms with Gasteiger partial charge >= 0.3 is 0 Å². The van der Waals surface area contributed by atoms with E-state index in [1.54, 1.807) is 0 Å². The lowest BCUT2D eigenvalue weighted by Gasteiger charge is -2.03. The van der Waals surface area contributed by atoms with E-state index in [0.717, 1.165) is 0 Å². The molecule has 0 nitrogen and oxygen atoms in total. The minimum Gasteiger partial charge on any atom is -0.0620 e. The lowest BCUT2D eigenvalue weighted by Crippen LogP contribution is -1.80. The maximum Gasteiger partial charge on any atom is -0.0152 e. The highest BCUT2D eigenvalue weighted by Gasteiger charge is 1.97. The molecule has 0 heterocycles. The molecule has 0 N–H and O–H groups in total. The van der Waals surface area contributed by atoms with Gasteiger partial charge in [-0.2, -0.15) is 0 Å². The number of benzene rings is 4. The van der Waals surface area contributed by atoms with Crippen LogP contribution in [0.5, 0.6) is 0 Å². The Morgan fingerprint density at radius 2 is 0.750 bits per heavy atom. The van der Waals surface area contributed by atoms with Crippen molar-refractivity contribution >= 4 is 10.8 Å². The molecule has 0 atom stereocenters. The van der Waals surface area contributed by atoms with Crippen LogP contribution < -0.4 is 0 Å². The minimum atomic E-state index is 1.34. The zero-order valence-electron chi connectivity index (χ0n) is 18.1. The maximum atomic E-state index is 2.18. The summed E-state index contributed by atoms with van der Waals surface area (Å²) in [5.41, 5.74) is 8.13. The predicted molar refractivity (Wildman–Crippen MR) is 125 cm³/mol. The molecule has 0 saturated heterocycles. The summed E-state index contributed by atoms with van der Waals surface area (Å²) in [7, 11) is 0. The summed E-state index contributed by atoms with van der Waals surface area (Å²) in [6.45, 7) is 12.8. The van der Waals surface area contributed by atoms with E-state index in [1.807, 2.05) is 0 Å². The van der Waals surface area contributed by atoms with Gasteiger partial charge in [0.1, 0.15) is 0 Å². The van der Waals surface area contributed by atoms with Crippen LogP contribution >= 0.6 is 0 Å². The van der Waals surface area contributed by atoms with Gasteiger partial charge in [0.05, 0.1) is 0 Å². The molecule has 0 unspecified atom stereocenters. The molecule has 4 aromatic rings. The minimum absolute atomic E-state index is 1.34. The van der Waals surface area contributed by atoms with Gasteiger partial charge in [-0.3, -0.25) is 0 Å². The Balaban J connectivity index is 0.000000156. The van der Waals surface area contributed by atoms with Crippen LogP contribution in [0, 0.1) is 41.5 Å². The smallest absolute Gasteiger partial charge is 0.0152 e. The topological polar surface area (TPSA) is 0 Å². The average Bonchev–Trinajstić information content (AvgIpc) is 2.68. The highest BCUT2D eigenvalue weighted by Crippen LogP contribution is 2.21. The Bertz CT molecular complexity index is 946. The number of rotatable bonds is 0. The van der Waals surface area contributed by atoms with Gasteiger partial charge in [-0.25, -0.2) is 0 Å². The summed E-state index contributed by atoms with van der Waals surface area (Å²) in [6, 6.07) is 29.7. The van der Waals surface area contributed by atoms with Crippen LogP contribution in [0.3, 0.4) is 0 Å². The first-order valence-corrected chi connectivity index (χ1v) is 9.89. The summed E-state index contributed by atoms with van der Waals surface area (Å²) >= 11 is 0. The average molecular weight is 369 g/mol. The van der Waals surface area contributed by atoms with E-state index in [-0.39, 0.29) is 0 Å². The first-order chi connectivity index (χ1) is 13.4. The van der Waals surface area contributed by atoms with Crippen molar-refractivity contribution in [2.45, 2.75) is 41.5 Å². The van der Waals surface area contributed by atoms with Gasteiger partial charge in [-0.1, -0.05) is 96.1 Å². The molecule has 0 aromatic heterocycles. The zero-order chi connectivity index (χ0) is 20.5. The van der Waals surface area contributed by atoms with Crippen LogP contribution in [0.15, 0.2) is 84.9 Å². The lowest BCUT2D eigenvalue weighted by molar-refractivity contribution is 1.34. The third-order valence-corrected chi connectivity index (χ3v) is 4.96. The van der Waals surface area contributed by atoms with E-state index in [2.05, 4.69) is 126 Å². The number of fused-ring (bicyclic) bond motifs is 1. The third kappa shape index (κ3) is 6.39. The third-order valence-electron chi connectivity index (χ3n) is 4.96. The van der Waals surface area contributed by atoms with Gasteiger partial charge < -0.3 is 0 Å². The molecule has 0 aliphatic carbocycles. The molecule has 0 aliphatic rings. The first kappa shape index (κ1) is 21.4. The van der Waals surface area contributed by atoms with E-state index in [9.17, 15) is 0 Å². The van der Waals surface area contributed by atoms with Gasteiger partial charge in [0.2, 0.25) is 0 Å². The van der Waals surface area contributed by atoms with Crippen molar-refractivity contribution in [1.82, 2.24) is 0 Å². The fourth-order valence-corrected chi connectivity index (χ4v) is 3.07. The molecule has 0 saturated carbocycles. The van der Waals surface area contributed by atoms with Crippen molar-refractivity contribution in [2.24, 2.45) is 0 Å². The van der Waals surface area contributed by atoms with Gasteiger partial charge in [-0.15, -0.1) is 0 Å². The summed E-state index contributed by atoms with van der Waals surface area (Å²) in [4.78, 5) is 0. The van der Waals surface area contributed by atoms with E-state index in [4.69, 9.17) is 0 Å². The van der Waals surface area contributed by atoms with E-state index in [1.165, 1.54) is 44.2 Å². The molecule has 0 bridgehead atoms. The Morgan fingerprint density at radius 1 is 0.357 bits per heavy atom. The second-order valence-corrected chi connectivity index (χ2v) is 7.49. The van der Waals surface area contributed by atoms with Gasteiger partial charge in [0.15, 0.2) is 0 Å². The molecular formula is C28H32. The van der Waals surface area contributed by atoms with Crippen molar-refractivity contribution in [3.05, 3.63) is 118 Å².